The number of hydrogen-bond donors (Lipinski definition) is 0. The first-order valence-corrected chi connectivity index (χ1v) is 6.83. The molecule has 1 aromatic heterocycles. The molecule has 1 aliphatic rings. The Kier molecular flexibility index (Phi) is 10.3. The number of hydrogen-bond acceptors (Lipinski definition) is 0. The number of aryl methyl sites for hydroxylation is 1. The van der Waals surface area contributed by atoms with Crippen LogP contribution in [-0.4, -0.2) is 4.57 Å². The first-order chi connectivity index (χ1) is 9.84. The monoisotopic (exact) mass is 419 g/mol. The van der Waals surface area contributed by atoms with Crippen molar-refractivity contribution in [3.8, 4) is 0 Å². The van der Waals surface area contributed by atoms with Gasteiger partial charge in [-0.05, 0) is 18.2 Å². The molecule has 1 nitrogen and oxygen atoms in total. The molecule has 4 rings (SSSR count). The van der Waals surface area contributed by atoms with E-state index >= 15 is 0 Å². The van der Waals surface area contributed by atoms with Gasteiger partial charge in [-0.1, -0.05) is 25.1 Å². The average Bonchev–Trinajstić information content (AvgIpc) is 3.19. The molecule has 0 saturated heterocycles. The van der Waals surface area contributed by atoms with E-state index in [1.54, 1.807) is 0 Å². The topological polar surface area (TPSA) is 4.93 Å². The Hall–Kier alpha value is -0.947. The number of benzene rings is 1. The summed E-state index contributed by atoms with van der Waals surface area (Å²) in [5.41, 5.74) is 3.96. The van der Waals surface area contributed by atoms with Crippen LogP contribution >= 0.6 is 0 Å². The van der Waals surface area contributed by atoms with E-state index in [0.29, 0.717) is 0 Å². The molecular weight excluding hydrogens is 404 g/mol. The van der Waals surface area contributed by atoms with E-state index in [2.05, 4.69) is 72.4 Å². The zero-order valence-corrected chi connectivity index (χ0v) is 16.8. The Morgan fingerprint density at radius 1 is 0.913 bits per heavy atom. The SMILES string of the molecule is C[c-]1cccc1.[C-]1=Cc2ccccc2C1n1cccc1.[Cl-].[Cl-].[Zr+4]. The van der Waals surface area contributed by atoms with Gasteiger partial charge < -0.3 is 29.4 Å². The van der Waals surface area contributed by atoms with Crippen molar-refractivity contribution in [2.45, 2.75) is 13.0 Å². The molecule has 1 heterocycles. The van der Waals surface area contributed by atoms with Crippen molar-refractivity contribution in [1.29, 1.82) is 0 Å². The van der Waals surface area contributed by atoms with Crippen molar-refractivity contribution < 1.29 is 51.0 Å². The van der Waals surface area contributed by atoms with Crippen LogP contribution in [0, 0.1) is 13.0 Å². The summed E-state index contributed by atoms with van der Waals surface area (Å²) >= 11 is 0. The maximum absolute atomic E-state index is 3.36. The summed E-state index contributed by atoms with van der Waals surface area (Å²) in [6.45, 7) is 2.08. The number of rotatable bonds is 1. The van der Waals surface area contributed by atoms with E-state index in [1.165, 1.54) is 16.7 Å². The van der Waals surface area contributed by atoms with E-state index in [9.17, 15) is 0 Å². The fourth-order valence-electron chi connectivity index (χ4n) is 2.39. The largest absolute Gasteiger partial charge is 4.00 e. The van der Waals surface area contributed by atoms with Gasteiger partial charge in [0.25, 0.3) is 0 Å². The molecule has 0 amide bonds. The van der Waals surface area contributed by atoms with Crippen molar-refractivity contribution in [1.82, 2.24) is 4.57 Å². The molecule has 0 aliphatic heterocycles. The summed E-state index contributed by atoms with van der Waals surface area (Å²) < 4.78 is 2.17. The van der Waals surface area contributed by atoms with Crippen LogP contribution in [0.2, 0.25) is 0 Å². The zero-order chi connectivity index (χ0) is 13.8. The van der Waals surface area contributed by atoms with Gasteiger partial charge in [0.05, 0.1) is 0 Å². The zero-order valence-electron chi connectivity index (χ0n) is 12.8. The van der Waals surface area contributed by atoms with Gasteiger partial charge in [-0.3, -0.25) is 0 Å². The van der Waals surface area contributed by atoms with Crippen LogP contribution in [0.15, 0.2) is 73.1 Å². The summed E-state index contributed by atoms with van der Waals surface area (Å²) in [5, 5.41) is 0. The molecule has 0 spiro atoms. The van der Waals surface area contributed by atoms with Gasteiger partial charge in [-0.15, -0.1) is 11.6 Å². The summed E-state index contributed by atoms with van der Waals surface area (Å²) in [7, 11) is 0. The van der Waals surface area contributed by atoms with Crippen LogP contribution in [0.5, 0.6) is 0 Å². The molecule has 2 aromatic carbocycles. The van der Waals surface area contributed by atoms with E-state index < -0.39 is 0 Å². The minimum absolute atomic E-state index is 0. The number of allylic oxidation sites excluding steroid dienone is 1. The molecule has 1 atom stereocenters. The van der Waals surface area contributed by atoms with Gasteiger partial charge in [0, 0.05) is 12.4 Å². The molecule has 116 valence electrons. The van der Waals surface area contributed by atoms with E-state index in [0.717, 1.165) is 0 Å². The molecule has 0 radical (unpaired) electrons. The van der Waals surface area contributed by atoms with Crippen LogP contribution in [0.1, 0.15) is 22.7 Å². The third kappa shape index (κ3) is 5.57. The maximum atomic E-state index is 3.36. The Morgan fingerprint density at radius 2 is 1.52 bits per heavy atom. The van der Waals surface area contributed by atoms with E-state index in [-0.39, 0.29) is 57.1 Å². The first kappa shape index (κ1) is 22.1. The van der Waals surface area contributed by atoms with Crippen LogP contribution in [0.4, 0.5) is 0 Å². The summed E-state index contributed by atoms with van der Waals surface area (Å²) in [6, 6.07) is 21.0. The third-order valence-corrected chi connectivity index (χ3v) is 3.44. The van der Waals surface area contributed by atoms with Gasteiger partial charge in [0.15, 0.2) is 0 Å². The molecule has 4 heteroatoms. The predicted molar refractivity (Wildman–Crippen MR) is 83.5 cm³/mol. The molecule has 0 bridgehead atoms. The van der Waals surface area contributed by atoms with Crippen LogP contribution < -0.4 is 24.8 Å². The fourth-order valence-corrected chi connectivity index (χ4v) is 2.39. The molecule has 1 aliphatic carbocycles. The number of aromatic nitrogens is 1. The van der Waals surface area contributed by atoms with Gasteiger partial charge in [-0.25, -0.2) is 24.3 Å². The molecule has 1 unspecified atom stereocenters. The van der Waals surface area contributed by atoms with Gasteiger partial charge in [0.2, 0.25) is 0 Å². The number of halogens is 2. The van der Waals surface area contributed by atoms with Crippen LogP contribution in [0.3, 0.4) is 0 Å². The third-order valence-electron chi connectivity index (χ3n) is 3.44. The molecule has 0 saturated carbocycles. The second-order valence-electron chi connectivity index (χ2n) is 4.93. The van der Waals surface area contributed by atoms with Crippen molar-refractivity contribution in [3.63, 3.8) is 0 Å². The maximum Gasteiger partial charge on any atom is 4.00 e. The minimum atomic E-state index is 0. The molecule has 23 heavy (non-hydrogen) atoms. The first-order valence-electron chi connectivity index (χ1n) is 6.83. The second-order valence-corrected chi connectivity index (χ2v) is 4.93. The smallest absolute Gasteiger partial charge is 1.00 e. The second kappa shape index (κ2) is 10.8. The molecule has 3 aromatic rings. The van der Waals surface area contributed by atoms with Gasteiger partial charge in [-0.2, -0.15) is 23.3 Å². The normalized spacial score (nSPS) is 13.5. The summed E-state index contributed by atoms with van der Waals surface area (Å²) in [5.74, 6) is 0. The standard InChI is InChI=1S/C13H10N.C6H7.2ClH.Zr/c1-2-6-12-11(5-1)7-8-13(12)14-9-3-4-10-14;1-6-4-2-3-5-6;;;/h1-7,9-10,13H;2-5H,1H3;2*1H;/q2*-1;;;+4/p-2. The minimum Gasteiger partial charge on any atom is -1.00 e. The van der Waals surface area contributed by atoms with Crippen LogP contribution in [-0.2, 0) is 26.2 Å². The molecular formula is C19H17Cl2NZr. The Bertz CT molecular complexity index is 688. The molecule has 0 fully saturated rings. The fraction of sp³-hybridized carbons (Fsp3) is 0.105. The Labute approximate surface area is 169 Å². The van der Waals surface area contributed by atoms with E-state index in [4.69, 9.17) is 0 Å². The predicted octanol–water partition coefficient (Wildman–Crippen LogP) is -1.37. The van der Waals surface area contributed by atoms with Crippen molar-refractivity contribution in [3.05, 3.63) is 95.8 Å². The summed E-state index contributed by atoms with van der Waals surface area (Å²) in [6.07, 6.45) is 9.59. The average molecular weight is 421 g/mol. The van der Waals surface area contributed by atoms with E-state index in [1.807, 2.05) is 24.3 Å². The van der Waals surface area contributed by atoms with Crippen molar-refractivity contribution >= 4 is 6.08 Å². The van der Waals surface area contributed by atoms with Gasteiger partial charge in [0.1, 0.15) is 0 Å². The molecule has 0 N–H and O–H groups in total. The number of nitrogens with zero attached hydrogens (tertiary/aromatic N) is 1. The number of fused-ring (bicyclic) bond motifs is 1. The van der Waals surface area contributed by atoms with Crippen molar-refractivity contribution in [2.24, 2.45) is 0 Å². The Balaban J connectivity index is 0.000000469. The Morgan fingerprint density at radius 3 is 2.09 bits per heavy atom. The van der Waals surface area contributed by atoms with Crippen LogP contribution in [0.25, 0.3) is 6.08 Å². The quantitative estimate of drug-likeness (QED) is 0.428. The summed E-state index contributed by atoms with van der Waals surface area (Å²) in [4.78, 5) is 0. The van der Waals surface area contributed by atoms with Gasteiger partial charge >= 0.3 is 26.2 Å². The van der Waals surface area contributed by atoms with Crippen molar-refractivity contribution in [2.75, 3.05) is 0 Å².